The van der Waals surface area contributed by atoms with Crippen molar-refractivity contribution < 1.29 is 0 Å². The second kappa shape index (κ2) is 4.60. The predicted molar refractivity (Wildman–Crippen MR) is 75.3 cm³/mol. The molecule has 76 valence electrons. The Hall–Kier alpha value is -0.440. The molecule has 0 spiro atoms. The van der Waals surface area contributed by atoms with E-state index in [1.807, 2.05) is 46.9 Å². The van der Waals surface area contributed by atoms with E-state index in [4.69, 9.17) is 0 Å². The fourth-order valence-electron chi connectivity index (χ4n) is 1.18. The van der Waals surface area contributed by atoms with Crippen LogP contribution < -0.4 is 5.56 Å². The van der Waals surface area contributed by atoms with Gasteiger partial charge in [0.15, 0.2) is 0 Å². The summed E-state index contributed by atoms with van der Waals surface area (Å²) < 4.78 is 3.27. The maximum Gasteiger partial charge on any atom is 0.269 e. The molecule has 3 nitrogen and oxygen atoms in total. The maximum absolute atomic E-state index is 11.8. The summed E-state index contributed by atoms with van der Waals surface area (Å²) >= 11 is 4.22. The van der Waals surface area contributed by atoms with Gasteiger partial charge in [-0.25, -0.2) is 4.98 Å². The van der Waals surface area contributed by atoms with Gasteiger partial charge in [-0.05, 0) is 63.4 Å². The molecule has 15 heavy (non-hydrogen) atoms. The van der Waals surface area contributed by atoms with E-state index in [1.54, 1.807) is 17.0 Å². The van der Waals surface area contributed by atoms with Crippen LogP contribution in [0.15, 0.2) is 41.5 Å². The fourth-order valence-corrected chi connectivity index (χ4v) is 2.96. The molecule has 0 aromatic carbocycles. The predicted octanol–water partition coefficient (Wildman–Crippen LogP) is 2.44. The monoisotopic (exact) mass is 424 g/mol. The lowest BCUT2D eigenvalue weighted by molar-refractivity contribution is 0.926. The Balaban J connectivity index is 2.69. The van der Waals surface area contributed by atoms with E-state index in [0.29, 0.717) is 9.39 Å². The molecular formula is C10H6I2N2O. The van der Waals surface area contributed by atoms with E-state index < -0.39 is 0 Å². The molecule has 0 saturated heterocycles. The smallest absolute Gasteiger partial charge is 0.268 e. The summed E-state index contributed by atoms with van der Waals surface area (Å²) in [5, 5.41) is 0. The molecule has 0 saturated carbocycles. The highest BCUT2D eigenvalue weighted by atomic mass is 127. The summed E-state index contributed by atoms with van der Waals surface area (Å²) in [6.07, 6.45) is 3.46. The molecule has 0 unspecified atom stereocenters. The van der Waals surface area contributed by atoms with Crippen LogP contribution >= 0.6 is 45.2 Å². The Morgan fingerprint density at radius 1 is 1.27 bits per heavy atom. The third kappa shape index (κ3) is 2.39. The minimum Gasteiger partial charge on any atom is -0.268 e. The summed E-state index contributed by atoms with van der Waals surface area (Å²) in [5.41, 5.74) is -0.0327. The average Bonchev–Trinajstić information content (AvgIpc) is 2.24. The van der Waals surface area contributed by atoms with Gasteiger partial charge in [0, 0.05) is 16.0 Å². The van der Waals surface area contributed by atoms with Crippen LogP contribution in [0, 0.1) is 7.14 Å². The highest BCUT2D eigenvalue weighted by Gasteiger charge is 2.04. The van der Waals surface area contributed by atoms with Crippen LogP contribution in [-0.4, -0.2) is 9.55 Å². The molecule has 0 aliphatic rings. The molecule has 2 aromatic heterocycles. The Labute approximate surface area is 114 Å². The topological polar surface area (TPSA) is 34.9 Å². The van der Waals surface area contributed by atoms with Crippen molar-refractivity contribution in [1.82, 2.24) is 9.55 Å². The Bertz CT molecular complexity index is 537. The van der Waals surface area contributed by atoms with Crippen molar-refractivity contribution in [2.24, 2.45) is 0 Å². The largest absolute Gasteiger partial charge is 0.269 e. The fraction of sp³-hybridized carbons (Fsp3) is 0. The first-order chi connectivity index (χ1) is 7.18. The molecule has 0 fully saturated rings. The van der Waals surface area contributed by atoms with E-state index in [2.05, 4.69) is 27.6 Å². The number of nitrogens with zero attached hydrogens (tertiary/aromatic N) is 2. The van der Waals surface area contributed by atoms with Crippen LogP contribution in [0.25, 0.3) is 5.82 Å². The van der Waals surface area contributed by atoms with Crippen LogP contribution in [0.1, 0.15) is 0 Å². The van der Waals surface area contributed by atoms with Gasteiger partial charge in [0.05, 0.1) is 3.57 Å². The molecule has 0 aliphatic carbocycles. The van der Waals surface area contributed by atoms with Gasteiger partial charge < -0.3 is 0 Å². The molecule has 2 aromatic rings. The van der Waals surface area contributed by atoms with E-state index >= 15 is 0 Å². The Morgan fingerprint density at radius 3 is 2.73 bits per heavy atom. The Morgan fingerprint density at radius 2 is 2.07 bits per heavy atom. The second-order valence-electron chi connectivity index (χ2n) is 2.87. The SMILES string of the molecule is O=c1c(I)cc(I)cn1-c1ccccn1. The minimum atomic E-state index is -0.0327. The van der Waals surface area contributed by atoms with E-state index in [-0.39, 0.29) is 5.56 Å². The van der Waals surface area contributed by atoms with Crippen LogP contribution in [0.2, 0.25) is 0 Å². The van der Waals surface area contributed by atoms with Gasteiger partial charge in [-0.15, -0.1) is 0 Å². The first-order valence-corrected chi connectivity index (χ1v) is 6.33. The van der Waals surface area contributed by atoms with E-state index in [0.717, 1.165) is 3.57 Å². The van der Waals surface area contributed by atoms with Gasteiger partial charge in [0.25, 0.3) is 5.56 Å². The number of hydrogen-bond acceptors (Lipinski definition) is 2. The highest BCUT2D eigenvalue weighted by molar-refractivity contribution is 14.1. The zero-order valence-electron chi connectivity index (χ0n) is 7.52. The molecule has 2 heterocycles. The number of aromatic nitrogens is 2. The summed E-state index contributed by atoms with van der Waals surface area (Å²) in [6.45, 7) is 0. The number of rotatable bonds is 1. The van der Waals surface area contributed by atoms with Crippen molar-refractivity contribution in [2.45, 2.75) is 0 Å². The lowest BCUT2D eigenvalue weighted by Crippen LogP contribution is -2.21. The lowest BCUT2D eigenvalue weighted by Gasteiger charge is -2.05. The summed E-state index contributed by atoms with van der Waals surface area (Å²) in [6, 6.07) is 7.35. The molecule has 0 aliphatic heterocycles. The quantitative estimate of drug-likeness (QED) is 0.660. The molecule has 0 radical (unpaired) electrons. The first-order valence-electron chi connectivity index (χ1n) is 4.17. The van der Waals surface area contributed by atoms with Crippen molar-refractivity contribution in [1.29, 1.82) is 0 Å². The lowest BCUT2D eigenvalue weighted by atomic mass is 10.4. The molecule has 2 rings (SSSR count). The summed E-state index contributed by atoms with van der Waals surface area (Å²) in [7, 11) is 0. The molecule has 0 bridgehead atoms. The van der Waals surface area contributed by atoms with Crippen LogP contribution in [0.3, 0.4) is 0 Å². The van der Waals surface area contributed by atoms with Crippen molar-refractivity contribution in [3.63, 3.8) is 0 Å². The van der Waals surface area contributed by atoms with Crippen LogP contribution in [-0.2, 0) is 0 Å². The minimum absolute atomic E-state index is 0.0327. The van der Waals surface area contributed by atoms with E-state index in [9.17, 15) is 4.79 Å². The first kappa shape index (κ1) is 11.1. The zero-order chi connectivity index (χ0) is 10.8. The molecule has 0 N–H and O–H groups in total. The van der Waals surface area contributed by atoms with Gasteiger partial charge in [-0.1, -0.05) is 6.07 Å². The second-order valence-corrected chi connectivity index (χ2v) is 5.28. The molecular weight excluding hydrogens is 418 g/mol. The van der Waals surface area contributed by atoms with Crippen molar-refractivity contribution in [3.05, 3.63) is 54.2 Å². The van der Waals surface area contributed by atoms with Gasteiger partial charge in [-0.2, -0.15) is 0 Å². The number of pyridine rings is 2. The van der Waals surface area contributed by atoms with Crippen LogP contribution in [0.5, 0.6) is 0 Å². The van der Waals surface area contributed by atoms with Gasteiger partial charge in [-0.3, -0.25) is 9.36 Å². The van der Waals surface area contributed by atoms with E-state index in [1.165, 1.54) is 0 Å². The van der Waals surface area contributed by atoms with Gasteiger partial charge in [0.2, 0.25) is 0 Å². The third-order valence-electron chi connectivity index (χ3n) is 1.84. The summed E-state index contributed by atoms with van der Waals surface area (Å²) in [4.78, 5) is 16.0. The van der Waals surface area contributed by atoms with Gasteiger partial charge >= 0.3 is 0 Å². The number of halogens is 2. The van der Waals surface area contributed by atoms with Crippen molar-refractivity contribution in [2.75, 3.05) is 0 Å². The third-order valence-corrected chi connectivity index (χ3v) is 3.20. The average molecular weight is 424 g/mol. The zero-order valence-corrected chi connectivity index (χ0v) is 11.8. The molecule has 0 amide bonds. The van der Waals surface area contributed by atoms with Gasteiger partial charge in [0.1, 0.15) is 5.82 Å². The van der Waals surface area contributed by atoms with Crippen molar-refractivity contribution in [3.8, 4) is 5.82 Å². The maximum atomic E-state index is 11.8. The normalized spacial score (nSPS) is 10.3. The molecule has 5 heteroatoms. The Kier molecular flexibility index (Phi) is 3.39. The molecule has 0 atom stereocenters. The number of hydrogen-bond donors (Lipinski definition) is 0. The standard InChI is InChI=1S/C10H6I2N2O/c11-7-5-8(12)10(15)14(6-7)9-3-1-2-4-13-9/h1-6H. The van der Waals surface area contributed by atoms with Crippen LogP contribution in [0.4, 0.5) is 0 Å². The van der Waals surface area contributed by atoms with Crippen molar-refractivity contribution >= 4 is 45.2 Å². The highest BCUT2D eigenvalue weighted by Crippen LogP contribution is 2.09. The summed E-state index contributed by atoms with van der Waals surface area (Å²) in [5.74, 6) is 0.652.